The minimum Gasteiger partial charge on any atom is -0.365 e. The van der Waals surface area contributed by atoms with Crippen LogP contribution >= 0.6 is 0 Å². The highest BCUT2D eigenvalue weighted by Gasteiger charge is 2.35. The van der Waals surface area contributed by atoms with Crippen LogP contribution in [0.25, 0.3) is 0 Å². The molecule has 2 atom stereocenters. The van der Waals surface area contributed by atoms with Crippen LogP contribution in [0.15, 0.2) is 48.5 Å². The molecule has 84 valence electrons. The normalized spacial score (nSPS) is 24.0. The molecule has 2 aromatic rings. The van der Waals surface area contributed by atoms with Crippen LogP contribution in [0.2, 0.25) is 0 Å². The first-order valence-electron chi connectivity index (χ1n) is 6.12. The predicted molar refractivity (Wildman–Crippen MR) is 70.4 cm³/mol. The van der Waals surface area contributed by atoms with E-state index in [0.717, 1.165) is 6.42 Å². The first kappa shape index (κ1) is 9.11. The van der Waals surface area contributed by atoms with Crippen molar-refractivity contribution in [1.29, 1.82) is 0 Å². The van der Waals surface area contributed by atoms with Gasteiger partial charge in [0, 0.05) is 17.3 Å². The Morgan fingerprint density at radius 2 is 1.53 bits per heavy atom. The second-order valence-corrected chi connectivity index (χ2v) is 4.82. The largest absolute Gasteiger partial charge is 0.365 e. The Hall–Kier alpha value is -1.96. The van der Waals surface area contributed by atoms with Crippen LogP contribution in [0.1, 0.15) is 17.0 Å². The molecule has 2 heterocycles. The third kappa shape index (κ3) is 1.27. The van der Waals surface area contributed by atoms with E-state index in [9.17, 15) is 0 Å². The fourth-order valence-corrected chi connectivity index (χ4v) is 3.01. The maximum atomic E-state index is 3.59. The van der Waals surface area contributed by atoms with Crippen LogP contribution in [-0.4, -0.2) is 6.17 Å². The van der Waals surface area contributed by atoms with Crippen LogP contribution in [0.4, 0.5) is 11.4 Å². The maximum absolute atomic E-state index is 3.59. The molecule has 2 aliphatic rings. The number of para-hydroxylation sites is 2. The van der Waals surface area contributed by atoms with Gasteiger partial charge >= 0.3 is 0 Å². The summed E-state index contributed by atoms with van der Waals surface area (Å²) >= 11 is 0. The second-order valence-electron chi connectivity index (χ2n) is 4.82. The molecule has 2 unspecified atom stereocenters. The Kier molecular flexibility index (Phi) is 1.75. The van der Waals surface area contributed by atoms with E-state index < -0.39 is 0 Å². The van der Waals surface area contributed by atoms with Gasteiger partial charge in [-0.15, -0.1) is 0 Å². The number of hydrogen-bond acceptors (Lipinski definition) is 2. The lowest BCUT2D eigenvalue weighted by molar-refractivity contribution is 0.618. The lowest BCUT2D eigenvalue weighted by Gasteiger charge is -2.30. The standard InChI is InChI=1S/C15H14N2/c1-3-7-13-10(5-1)9-12-11-6-2-4-8-14(11)17-15(12)16-13/h1-8,12,15-17H,9H2. The van der Waals surface area contributed by atoms with Crippen molar-refractivity contribution in [2.45, 2.75) is 18.5 Å². The summed E-state index contributed by atoms with van der Waals surface area (Å²) in [6.45, 7) is 0. The third-order valence-electron chi connectivity index (χ3n) is 3.84. The van der Waals surface area contributed by atoms with Gasteiger partial charge in [0.15, 0.2) is 0 Å². The van der Waals surface area contributed by atoms with Crippen molar-refractivity contribution in [1.82, 2.24) is 0 Å². The summed E-state index contributed by atoms with van der Waals surface area (Å²) < 4.78 is 0. The van der Waals surface area contributed by atoms with Crippen molar-refractivity contribution in [2.75, 3.05) is 10.6 Å². The highest BCUT2D eigenvalue weighted by Crippen LogP contribution is 2.42. The summed E-state index contributed by atoms with van der Waals surface area (Å²) in [4.78, 5) is 0. The van der Waals surface area contributed by atoms with Gasteiger partial charge in [-0.3, -0.25) is 0 Å². The second kappa shape index (κ2) is 3.27. The number of fused-ring (bicyclic) bond motifs is 4. The van der Waals surface area contributed by atoms with Crippen LogP contribution in [0.3, 0.4) is 0 Å². The first-order valence-corrected chi connectivity index (χ1v) is 6.12. The Morgan fingerprint density at radius 1 is 0.824 bits per heavy atom. The molecule has 2 nitrogen and oxygen atoms in total. The van der Waals surface area contributed by atoms with Crippen molar-refractivity contribution in [3.8, 4) is 0 Å². The maximum Gasteiger partial charge on any atom is 0.104 e. The van der Waals surface area contributed by atoms with E-state index in [1.165, 1.54) is 22.5 Å². The predicted octanol–water partition coefficient (Wildman–Crippen LogP) is 3.19. The van der Waals surface area contributed by atoms with Gasteiger partial charge in [-0.25, -0.2) is 0 Å². The van der Waals surface area contributed by atoms with Crippen molar-refractivity contribution in [2.24, 2.45) is 0 Å². The van der Waals surface area contributed by atoms with Gasteiger partial charge in [0.05, 0.1) is 0 Å². The zero-order valence-electron chi connectivity index (χ0n) is 9.48. The summed E-state index contributed by atoms with van der Waals surface area (Å²) in [5.74, 6) is 0.557. The van der Waals surface area contributed by atoms with E-state index >= 15 is 0 Å². The van der Waals surface area contributed by atoms with E-state index in [0.29, 0.717) is 12.1 Å². The smallest absolute Gasteiger partial charge is 0.104 e. The van der Waals surface area contributed by atoms with Gasteiger partial charge < -0.3 is 10.6 Å². The molecular formula is C15H14N2. The van der Waals surface area contributed by atoms with Gasteiger partial charge in [-0.05, 0) is 29.7 Å². The summed E-state index contributed by atoms with van der Waals surface area (Å²) in [5, 5.41) is 7.16. The molecule has 0 radical (unpaired) electrons. The Bertz CT molecular complexity index is 571. The van der Waals surface area contributed by atoms with E-state index in [1.807, 2.05) is 0 Å². The SMILES string of the molecule is c1ccc2c(c1)CC1c3ccccc3NC1N2. The number of anilines is 2. The molecule has 2 heteroatoms. The third-order valence-corrected chi connectivity index (χ3v) is 3.84. The minimum atomic E-state index is 0.349. The lowest BCUT2D eigenvalue weighted by Crippen LogP contribution is -2.34. The summed E-state index contributed by atoms with van der Waals surface area (Å²) in [6, 6.07) is 17.2. The van der Waals surface area contributed by atoms with Crippen LogP contribution in [0.5, 0.6) is 0 Å². The van der Waals surface area contributed by atoms with Crippen molar-refractivity contribution >= 4 is 11.4 Å². The Labute approximate surface area is 101 Å². The molecule has 0 saturated carbocycles. The number of benzene rings is 2. The zero-order valence-corrected chi connectivity index (χ0v) is 9.48. The fraction of sp³-hybridized carbons (Fsp3) is 0.200. The summed E-state index contributed by atoms with van der Waals surface area (Å²) in [5.41, 5.74) is 5.42. The molecule has 2 N–H and O–H groups in total. The van der Waals surface area contributed by atoms with Gasteiger partial charge in [0.2, 0.25) is 0 Å². The van der Waals surface area contributed by atoms with Crippen LogP contribution in [-0.2, 0) is 6.42 Å². The lowest BCUT2D eigenvalue weighted by atomic mass is 9.88. The molecule has 2 aromatic carbocycles. The quantitative estimate of drug-likeness (QED) is 0.715. The molecule has 17 heavy (non-hydrogen) atoms. The summed E-state index contributed by atoms with van der Waals surface area (Å²) in [7, 11) is 0. The average molecular weight is 222 g/mol. The number of nitrogens with one attached hydrogen (secondary N) is 2. The van der Waals surface area contributed by atoms with Gasteiger partial charge in [-0.1, -0.05) is 36.4 Å². The monoisotopic (exact) mass is 222 g/mol. The molecule has 0 amide bonds. The molecule has 0 fully saturated rings. The van der Waals surface area contributed by atoms with Crippen LogP contribution in [0, 0.1) is 0 Å². The van der Waals surface area contributed by atoms with E-state index in [4.69, 9.17) is 0 Å². The van der Waals surface area contributed by atoms with Gasteiger partial charge in [0.25, 0.3) is 0 Å². The topological polar surface area (TPSA) is 24.1 Å². The highest BCUT2D eigenvalue weighted by atomic mass is 15.2. The number of rotatable bonds is 0. The fourth-order valence-electron chi connectivity index (χ4n) is 3.01. The average Bonchev–Trinajstić information content (AvgIpc) is 2.73. The van der Waals surface area contributed by atoms with E-state index in [2.05, 4.69) is 59.2 Å². The molecule has 0 aliphatic carbocycles. The molecule has 2 aliphatic heterocycles. The Morgan fingerprint density at radius 3 is 2.47 bits per heavy atom. The number of hydrogen-bond donors (Lipinski definition) is 2. The van der Waals surface area contributed by atoms with Crippen LogP contribution < -0.4 is 10.6 Å². The highest BCUT2D eigenvalue weighted by molar-refractivity contribution is 5.66. The molecular weight excluding hydrogens is 208 g/mol. The first-order chi connectivity index (χ1) is 8.42. The van der Waals surface area contributed by atoms with E-state index in [-0.39, 0.29) is 0 Å². The van der Waals surface area contributed by atoms with Gasteiger partial charge in [0.1, 0.15) is 6.17 Å². The van der Waals surface area contributed by atoms with Crippen molar-refractivity contribution in [3.05, 3.63) is 59.7 Å². The molecule has 0 bridgehead atoms. The van der Waals surface area contributed by atoms with E-state index in [1.54, 1.807) is 0 Å². The molecule has 0 spiro atoms. The van der Waals surface area contributed by atoms with Gasteiger partial charge in [-0.2, -0.15) is 0 Å². The Balaban J connectivity index is 1.79. The van der Waals surface area contributed by atoms with Crippen molar-refractivity contribution in [3.63, 3.8) is 0 Å². The molecule has 0 saturated heterocycles. The van der Waals surface area contributed by atoms with Crippen molar-refractivity contribution < 1.29 is 0 Å². The summed E-state index contributed by atoms with van der Waals surface area (Å²) in [6.07, 6.45) is 1.47. The molecule has 0 aromatic heterocycles. The minimum absolute atomic E-state index is 0.349. The molecule has 4 rings (SSSR count). The zero-order chi connectivity index (χ0) is 11.2.